The molecule has 0 bridgehead atoms. The molecular weight excluding hydrogens is 261 g/mol. The smallest absolute Gasteiger partial charge is 0.123 e. The van der Waals surface area contributed by atoms with Crippen LogP contribution in [-0.2, 0) is 6.42 Å². The molecule has 1 nitrogen and oxygen atoms in total. The zero-order chi connectivity index (χ0) is 14.9. The number of hydrogen-bond acceptors (Lipinski definition) is 1. The van der Waals surface area contributed by atoms with Gasteiger partial charge < -0.3 is 5.32 Å². The van der Waals surface area contributed by atoms with Crippen molar-refractivity contribution in [2.75, 3.05) is 6.54 Å². The average molecular weight is 291 g/mol. The van der Waals surface area contributed by atoms with Crippen molar-refractivity contribution >= 4 is 0 Å². The molecule has 2 rings (SSSR count). The van der Waals surface area contributed by atoms with E-state index in [0.29, 0.717) is 6.04 Å². The highest BCUT2D eigenvalue weighted by Crippen LogP contribution is 2.27. The monoisotopic (exact) mass is 291 g/mol. The fourth-order valence-corrected chi connectivity index (χ4v) is 3.49. The normalized spacial score (nSPS) is 18.4. The summed E-state index contributed by atoms with van der Waals surface area (Å²) in [7, 11) is 0. The van der Waals surface area contributed by atoms with Crippen molar-refractivity contribution in [1.82, 2.24) is 5.32 Å². The van der Waals surface area contributed by atoms with Crippen molar-refractivity contribution in [3.05, 3.63) is 35.6 Å². The summed E-state index contributed by atoms with van der Waals surface area (Å²) in [6, 6.07) is 7.57. The molecule has 0 spiro atoms. The van der Waals surface area contributed by atoms with Crippen LogP contribution in [-0.4, -0.2) is 12.6 Å². The van der Waals surface area contributed by atoms with Gasteiger partial charge in [0, 0.05) is 6.04 Å². The lowest BCUT2D eigenvalue weighted by Crippen LogP contribution is -2.33. The number of halogens is 1. The van der Waals surface area contributed by atoms with E-state index in [9.17, 15) is 4.39 Å². The molecule has 0 amide bonds. The fraction of sp³-hybridized carbons (Fsp3) is 0.684. The zero-order valence-electron chi connectivity index (χ0n) is 13.4. The van der Waals surface area contributed by atoms with Crippen LogP contribution >= 0.6 is 0 Å². The highest BCUT2D eigenvalue weighted by Gasteiger charge is 2.18. The second-order valence-corrected chi connectivity index (χ2v) is 6.57. The van der Waals surface area contributed by atoms with Gasteiger partial charge in [0.05, 0.1) is 0 Å². The average Bonchev–Trinajstić information content (AvgIpc) is 2.76. The van der Waals surface area contributed by atoms with E-state index in [-0.39, 0.29) is 5.82 Å². The van der Waals surface area contributed by atoms with E-state index in [1.54, 1.807) is 12.1 Å². The first-order valence-corrected chi connectivity index (χ1v) is 8.75. The second kappa shape index (κ2) is 9.19. The van der Waals surface area contributed by atoms with Crippen molar-refractivity contribution in [2.45, 2.75) is 70.8 Å². The lowest BCUT2D eigenvalue weighted by molar-refractivity contribution is 0.349. The molecule has 21 heavy (non-hydrogen) atoms. The molecule has 1 saturated carbocycles. The molecule has 0 aromatic heterocycles. The van der Waals surface area contributed by atoms with Gasteiger partial charge in [0.25, 0.3) is 0 Å². The molecule has 1 fully saturated rings. The summed E-state index contributed by atoms with van der Waals surface area (Å²) in [6.45, 7) is 3.30. The number of nitrogens with one attached hydrogen (secondary N) is 1. The van der Waals surface area contributed by atoms with Crippen LogP contribution in [0.15, 0.2) is 24.3 Å². The second-order valence-electron chi connectivity index (χ2n) is 6.57. The van der Waals surface area contributed by atoms with Crippen LogP contribution in [0.5, 0.6) is 0 Å². The van der Waals surface area contributed by atoms with Crippen molar-refractivity contribution < 1.29 is 4.39 Å². The quantitative estimate of drug-likeness (QED) is 0.689. The van der Waals surface area contributed by atoms with Crippen molar-refractivity contribution in [1.29, 1.82) is 0 Å². The van der Waals surface area contributed by atoms with Crippen molar-refractivity contribution in [2.24, 2.45) is 5.92 Å². The van der Waals surface area contributed by atoms with Crippen molar-refractivity contribution in [3.63, 3.8) is 0 Å². The lowest BCUT2D eigenvalue weighted by atomic mass is 9.90. The Morgan fingerprint density at radius 3 is 2.38 bits per heavy atom. The van der Waals surface area contributed by atoms with E-state index in [2.05, 4.69) is 12.2 Å². The summed E-state index contributed by atoms with van der Waals surface area (Å²) in [5.74, 6) is 0.739. The molecular formula is C19H30FN. The van der Waals surface area contributed by atoms with E-state index in [1.165, 1.54) is 56.9 Å². The largest absolute Gasteiger partial charge is 0.314 e. The van der Waals surface area contributed by atoms with Gasteiger partial charge in [-0.1, -0.05) is 57.6 Å². The number of benzene rings is 1. The van der Waals surface area contributed by atoms with E-state index >= 15 is 0 Å². The molecule has 1 aliphatic carbocycles. The van der Waals surface area contributed by atoms with Crippen LogP contribution in [0.25, 0.3) is 0 Å². The molecule has 118 valence electrons. The predicted octanol–water partition coefficient (Wildman–Crippen LogP) is 5.10. The van der Waals surface area contributed by atoms with Crippen LogP contribution in [0.2, 0.25) is 0 Å². The van der Waals surface area contributed by atoms with Crippen LogP contribution in [0.4, 0.5) is 4.39 Å². The maximum absolute atomic E-state index is 13.0. The fourth-order valence-electron chi connectivity index (χ4n) is 3.49. The van der Waals surface area contributed by atoms with Crippen LogP contribution < -0.4 is 5.32 Å². The summed E-state index contributed by atoms with van der Waals surface area (Å²) in [6.07, 6.45) is 11.9. The van der Waals surface area contributed by atoms with Gasteiger partial charge >= 0.3 is 0 Å². The Balaban J connectivity index is 1.91. The molecule has 0 heterocycles. The topological polar surface area (TPSA) is 12.0 Å². The molecule has 0 aliphatic heterocycles. The Hall–Kier alpha value is -0.890. The third-order valence-corrected chi connectivity index (χ3v) is 4.67. The van der Waals surface area contributed by atoms with Gasteiger partial charge in [-0.2, -0.15) is 0 Å². The zero-order valence-corrected chi connectivity index (χ0v) is 13.4. The molecule has 1 unspecified atom stereocenters. The highest BCUT2D eigenvalue weighted by atomic mass is 19.1. The highest BCUT2D eigenvalue weighted by molar-refractivity contribution is 5.17. The molecule has 1 aliphatic rings. The van der Waals surface area contributed by atoms with Gasteiger partial charge in [-0.05, 0) is 49.4 Å². The molecule has 0 radical (unpaired) electrons. The van der Waals surface area contributed by atoms with Crippen LogP contribution in [0, 0.1) is 11.7 Å². The van der Waals surface area contributed by atoms with E-state index < -0.39 is 0 Å². The molecule has 1 N–H and O–H groups in total. The Bertz CT molecular complexity index is 379. The van der Waals surface area contributed by atoms with Crippen LogP contribution in [0.1, 0.15) is 63.9 Å². The minimum Gasteiger partial charge on any atom is -0.314 e. The first kappa shape index (κ1) is 16.5. The van der Waals surface area contributed by atoms with E-state index in [4.69, 9.17) is 0 Å². The minimum atomic E-state index is -0.138. The van der Waals surface area contributed by atoms with Crippen molar-refractivity contribution in [3.8, 4) is 0 Å². The lowest BCUT2D eigenvalue weighted by Gasteiger charge is -2.24. The van der Waals surface area contributed by atoms with Gasteiger partial charge in [-0.25, -0.2) is 4.39 Å². The standard InChI is InChI=1S/C19H30FN/c1-2-13-21-19(14-16-7-5-3-4-6-8-16)15-17-9-11-18(20)12-10-17/h9-12,16,19,21H,2-8,13-15H2,1H3. The summed E-state index contributed by atoms with van der Waals surface area (Å²) in [5.41, 5.74) is 1.25. The first-order chi connectivity index (χ1) is 10.3. The summed E-state index contributed by atoms with van der Waals surface area (Å²) in [5, 5.41) is 3.71. The summed E-state index contributed by atoms with van der Waals surface area (Å²) >= 11 is 0. The molecule has 2 heteroatoms. The molecule has 1 aromatic rings. The minimum absolute atomic E-state index is 0.138. The Labute approximate surface area is 129 Å². The third kappa shape index (κ3) is 6.17. The maximum Gasteiger partial charge on any atom is 0.123 e. The van der Waals surface area contributed by atoms with Gasteiger partial charge in [-0.3, -0.25) is 0 Å². The number of hydrogen-bond donors (Lipinski definition) is 1. The predicted molar refractivity (Wildman–Crippen MR) is 88.0 cm³/mol. The van der Waals surface area contributed by atoms with Gasteiger partial charge in [-0.15, -0.1) is 0 Å². The first-order valence-electron chi connectivity index (χ1n) is 8.75. The Morgan fingerprint density at radius 1 is 1.10 bits per heavy atom. The Kier molecular flexibility index (Phi) is 7.21. The molecule has 0 saturated heterocycles. The van der Waals surface area contributed by atoms with Gasteiger partial charge in [0.2, 0.25) is 0 Å². The summed E-state index contributed by atoms with van der Waals surface area (Å²) < 4.78 is 13.0. The van der Waals surface area contributed by atoms with Gasteiger partial charge in [0.15, 0.2) is 0 Å². The third-order valence-electron chi connectivity index (χ3n) is 4.67. The van der Waals surface area contributed by atoms with Gasteiger partial charge in [0.1, 0.15) is 5.82 Å². The molecule has 1 aromatic carbocycles. The Morgan fingerprint density at radius 2 is 1.76 bits per heavy atom. The molecule has 1 atom stereocenters. The maximum atomic E-state index is 13.0. The van der Waals surface area contributed by atoms with E-state index in [1.807, 2.05) is 12.1 Å². The van der Waals surface area contributed by atoms with Crippen LogP contribution in [0.3, 0.4) is 0 Å². The number of rotatable bonds is 7. The van der Waals surface area contributed by atoms with E-state index in [0.717, 1.165) is 18.9 Å². The SMILES string of the molecule is CCCNC(Cc1ccc(F)cc1)CC1CCCCCC1. The summed E-state index contributed by atoms with van der Waals surface area (Å²) in [4.78, 5) is 0.